The molecule has 0 saturated carbocycles. The van der Waals surface area contributed by atoms with Crippen molar-refractivity contribution in [2.24, 2.45) is 0 Å². The molecule has 1 nitrogen and oxygen atoms in total. The second-order valence-corrected chi connectivity index (χ2v) is 1.03. The maximum atomic E-state index is 7.51. The Bertz CT molecular complexity index is 183. The van der Waals surface area contributed by atoms with Crippen LogP contribution in [0.2, 0.25) is 0 Å². The summed E-state index contributed by atoms with van der Waals surface area (Å²) in [4.78, 5) is 0. The average Bonchev–Trinajstić information content (AvgIpc) is 2.01. The summed E-state index contributed by atoms with van der Waals surface area (Å²) in [6.45, 7) is 9.87. The standard InChI is InChI=1S/C6H6.C3H3N/c1-3-5-6-4-2;1-2-3-4/h3-4H,1-2H2;2H,1H2. The van der Waals surface area contributed by atoms with Gasteiger partial charge >= 0.3 is 0 Å². The van der Waals surface area contributed by atoms with Gasteiger partial charge in [-0.25, -0.2) is 0 Å². The molecule has 0 aliphatic rings. The van der Waals surface area contributed by atoms with Crippen LogP contribution >= 0.6 is 0 Å². The molecule has 50 valence electrons. The van der Waals surface area contributed by atoms with E-state index in [4.69, 9.17) is 5.26 Å². The average molecular weight is 131 g/mol. The highest BCUT2D eigenvalue weighted by atomic mass is 14.2. The molecule has 0 bridgehead atoms. The second-order valence-electron chi connectivity index (χ2n) is 1.03. The van der Waals surface area contributed by atoms with Crippen LogP contribution in [0.4, 0.5) is 0 Å². The predicted octanol–water partition coefficient (Wildman–Crippen LogP) is 2.06. The third-order valence-corrected chi connectivity index (χ3v) is 0.379. The molecule has 0 heterocycles. The highest BCUT2D eigenvalue weighted by Crippen LogP contribution is 1.55. The van der Waals surface area contributed by atoms with E-state index in [1.54, 1.807) is 6.07 Å². The third-order valence-electron chi connectivity index (χ3n) is 0.379. The summed E-state index contributed by atoms with van der Waals surface area (Å²) in [5.74, 6) is 5.19. The highest BCUT2D eigenvalue weighted by molar-refractivity contribution is 5.19. The van der Waals surface area contributed by atoms with Crippen LogP contribution < -0.4 is 0 Å². The number of nitriles is 1. The lowest BCUT2D eigenvalue weighted by atomic mass is 10.5. The van der Waals surface area contributed by atoms with Gasteiger partial charge in [0.2, 0.25) is 0 Å². The van der Waals surface area contributed by atoms with Crippen LogP contribution in [0.25, 0.3) is 0 Å². The summed E-state index contributed by atoms with van der Waals surface area (Å²) in [7, 11) is 0. The van der Waals surface area contributed by atoms with Gasteiger partial charge in [-0.1, -0.05) is 31.6 Å². The minimum atomic E-state index is 1.18. The van der Waals surface area contributed by atoms with Gasteiger partial charge in [0.1, 0.15) is 0 Å². The second kappa shape index (κ2) is 15.7. The molecular weight excluding hydrogens is 122 g/mol. The number of hydrogen-bond acceptors (Lipinski definition) is 1. The Kier molecular flexibility index (Phi) is 17.4. The van der Waals surface area contributed by atoms with Crippen LogP contribution in [-0.2, 0) is 0 Å². The first-order valence-electron chi connectivity index (χ1n) is 2.56. The first-order valence-corrected chi connectivity index (χ1v) is 2.56. The van der Waals surface area contributed by atoms with Crippen molar-refractivity contribution in [2.45, 2.75) is 0 Å². The van der Waals surface area contributed by atoms with E-state index in [0.29, 0.717) is 0 Å². The highest BCUT2D eigenvalue weighted by Gasteiger charge is 1.42. The summed E-state index contributed by atoms with van der Waals surface area (Å²) < 4.78 is 0. The van der Waals surface area contributed by atoms with Crippen molar-refractivity contribution in [3.63, 3.8) is 0 Å². The molecule has 0 N–H and O–H groups in total. The minimum Gasteiger partial charge on any atom is -0.193 e. The van der Waals surface area contributed by atoms with Crippen LogP contribution in [0.15, 0.2) is 38.0 Å². The lowest BCUT2D eigenvalue weighted by molar-refractivity contribution is 1.54. The van der Waals surface area contributed by atoms with Crippen molar-refractivity contribution >= 4 is 0 Å². The Morgan fingerprint density at radius 2 is 1.20 bits per heavy atom. The SMILES string of the molecule is C=CC#CC=C.C=CC#N. The smallest absolute Gasteiger partial charge is 0.0905 e. The third kappa shape index (κ3) is 33.8. The molecule has 0 saturated heterocycles. The van der Waals surface area contributed by atoms with E-state index < -0.39 is 0 Å². The van der Waals surface area contributed by atoms with Crippen LogP contribution in [-0.4, -0.2) is 0 Å². The van der Waals surface area contributed by atoms with Crippen molar-refractivity contribution in [1.82, 2.24) is 0 Å². The van der Waals surface area contributed by atoms with Crippen LogP contribution in [0.3, 0.4) is 0 Å². The van der Waals surface area contributed by atoms with Gasteiger partial charge in [0.15, 0.2) is 0 Å². The maximum absolute atomic E-state index is 7.51. The van der Waals surface area contributed by atoms with E-state index in [1.165, 1.54) is 18.2 Å². The fourth-order valence-corrected chi connectivity index (χ4v) is 0.118. The molecule has 1 heteroatoms. The van der Waals surface area contributed by atoms with Gasteiger partial charge in [-0.15, -0.1) is 0 Å². The lowest BCUT2D eigenvalue weighted by Gasteiger charge is -1.52. The van der Waals surface area contributed by atoms with E-state index in [0.717, 1.165) is 0 Å². The molecule has 0 atom stereocenters. The molecule has 0 fully saturated rings. The minimum absolute atomic E-state index is 1.18. The van der Waals surface area contributed by atoms with Gasteiger partial charge in [0.25, 0.3) is 0 Å². The molecule has 0 aromatic carbocycles. The molecular formula is C9H9N. The fourth-order valence-electron chi connectivity index (χ4n) is 0.118. The summed E-state index contributed by atoms with van der Waals surface area (Å²) >= 11 is 0. The normalized spacial score (nSPS) is 4.30. The van der Waals surface area contributed by atoms with Gasteiger partial charge in [-0.3, -0.25) is 0 Å². The number of allylic oxidation sites excluding steroid dienone is 3. The lowest BCUT2D eigenvalue weighted by Crippen LogP contribution is -1.39. The molecule has 10 heavy (non-hydrogen) atoms. The molecule has 0 amide bonds. The Labute approximate surface area is 62.0 Å². The number of hydrogen-bond donors (Lipinski definition) is 0. The van der Waals surface area contributed by atoms with Gasteiger partial charge in [0.05, 0.1) is 6.07 Å². The van der Waals surface area contributed by atoms with Crippen molar-refractivity contribution in [3.8, 4) is 17.9 Å². The summed E-state index contributed by atoms with van der Waals surface area (Å²) in [5, 5.41) is 7.51. The van der Waals surface area contributed by atoms with E-state index in [2.05, 4.69) is 31.6 Å². The molecule has 0 aromatic rings. The fraction of sp³-hybridized carbons (Fsp3) is 0. The van der Waals surface area contributed by atoms with Gasteiger partial charge in [-0.05, 0) is 12.2 Å². The first kappa shape index (κ1) is 11.1. The Morgan fingerprint density at radius 1 is 0.900 bits per heavy atom. The molecule has 0 unspecified atom stereocenters. The largest absolute Gasteiger partial charge is 0.193 e. The monoisotopic (exact) mass is 131 g/mol. The van der Waals surface area contributed by atoms with Crippen molar-refractivity contribution in [3.05, 3.63) is 38.0 Å². The van der Waals surface area contributed by atoms with Crippen LogP contribution in [0.1, 0.15) is 0 Å². The van der Waals surface area contributed by atoms with E-state index in [9.17, 15) is 0 Å². The van der Waals surface area contributed by atoms with Crippen molar-refractivity contribution in [2.75, 3.05) is 0 Å². The zero-order chi connectivity index (χ0) is 8.24. The topological polar surface area (TPSA) is 23.8 Å². The van der Waals surface area contributed by atoms with Gasteiger partial charge in [0, 0.05) is 6.08 Å². The number of rotatable bonds is 0. The van der Waals surface area contributed by atoms with Crippen LogP contribution in [0.5, 0.6) is 0 Å². The first-order chi connectivity index (χ1) is 4.83. The van der Waals surface area contributed by atoms with Gasteiger partial charge in [-0.2, -0.15) is 5.26 Å². The molecule has 0 aliphatic carbocycles. The summed E-state index contributed by atoms with van der Waals surface area (Å²) in [6, 6.07) is 1.69. The Hall–Kier alpha value is -1.73. The predicted molar refractivity (Wildman–Crippen MR) is 44.0 cm³/mol. The maximum Gasteiger partial charge on any atom is 0.0905 e. The zero-order valence-corrected chi connectivity index (χ0v) is 5.80. The summed E-state index contributed by atoms with van der Waals surface area (Å²) in [5.41, 5.74) is 0. The van der Waals surface area contributed by atoms with E-state index >= 15 is 0 Å². The Balaban J connectivity index is 0. The van der Waals surface area contributed by atoms with Gasteiger partial charge < -0.3 is 0 Å². The molecule has 0 radical (unpaired) electrons. The Morgan fingerprint density at radius 3 is 1.30 bits per heavy atom. The van der Waals surface area contributed by atoms with E-state index in [1.807, 2.05) is 0 Å². The van der Waals surface area contributed by atoms with Crippen molar-refractivity contribution < 1.29 is 0 Å². The summed E-state index contributed by atoms with van der Waals surface area (Å²) in [6.07, 6.45) is 4.24. The molecule has 0 aliphatic heterocycles. The zero-order valence-electron chi connectivity index (χ0n) is 5.80. The quantitative estimate of drug-likeness (QED) is 0.364. The molecule has 0 rings (SSSR count). The van der Waals surface area contributed by atoms with E-state index in [-0.39, 0.29) is 0 Å². The number of nitrogens with zero attached hydrogens (tertiary/aromatic N) is 1. The van der Waals surface area contributed by atoms with Crippen LogP contribution in [0, 0.1) is 23.2 Å². The van der Waals surface area contributed by atoms with Crippen molar-refractivity contribution in [1.29, 1.82) is 5.26 Å². The molecule has 0 spiro atoms. The molecule has 0 aromatic heterocycles.